The minimum Gasteiger partial charge on any atom is -0.381 e. The Morgan fingerprint density at radius 2 is 2.22 bits per heavy atom. The summed E-state index contributed by atoms with van der Waals surface area (Å²) in [6.07, 6.45) is 2.24. The predicted octanol–water partition coefficient (Wildman–Crippen LogP) is 2.58. The molecule has 0 bridgehead atoms. The van der Waals surface area contributed by atoms with Gasteiger partial charge in [0.25, 0.3) is 0 Å². The van der Waals surface area contributed by atoms with Crippen molar-refractivity contribution in [1.82, 2.24) is 15.0 Å². The van der Waals surface area contributed by atoms with E-state index in [1.54, 1.807) is 10.7 Å². The summed E-state index contributed by atoms with van der Waals surface area (Å²) in [6, 6.07) is 4.35. The molecule has 1 aliphatic rings. The molecule has 0 saturated heterocycles. The Morgan fingerprint density at radius 3 is 2.89 bits per heavy atom. The Bertz CT molecular complexity index is 592. The molecule has 0 spiro atoms. The normalized spacial score (nSPS) is 15.0. The first-order chi connectivity index (χ1) is 8.65. The highest BCUT2D eigenvalue weighted by molar-refractivity contribution is 6.31. The Hall–Kier alpha value is -1.62. The molecule has 0 radical (unpaired) electrons. The summed E-state index contributed by atoms with van der Waals surface area (Å²) in [4.78, 5) is 0. The summed E-state index contributed by atoms with van der Waals surface area (Å²) in [5, 5.41) is 8.31. The van der Waals surface area contributed by atoms with Crippen molar-refractivity contribution in [3.05, 3.63) is 40.3 Å². The number of anilines is 1. The van der Waals surface area contributed by atoms with Crippen molar-refractivity contribution in [2.45, 2.75) is 25.3 Å². The molecule has 1 aromatic heterocycles. The van der Waals surface area contributed by atoms with Crippen LogP contribution >= 0.6 is 11.6 Å². The third-order valence-corrected chi connectivity index (χ3v) is 3.45. The molecular formula is C12H12ClFN4. The van der Waals surface area contributed by atoms with Crippen molar-refractivity contribution in [2.75, 3.05) is 5.73 Å². The van der Waals surface area contributed by atoms with Crippen LogP contribution in [0.1, 0.15) is 30.0 Å². The molecule has 1 aliphatic carbocycles. The van der Waals surface area contributed by atoms with Crippen LogP contribution in [0.2, 0.25) is 5.02 Å². The van der Waals surface area contributed by atoms with Crippen LogP contribution in [0.5, 0.6) is 0 Å². The molecule has 1 heterocycles. The van der Waals surface area contributed by atoms with E-state index in [0.717, 1.165) is 24.1 Å². The van der Waals surface area contributed by atoms with Gasteiger partial charge >= 0.3 is 0 Å². The van der Waals surface area contributed by atoms with E-state index in [0.29, 0.717) is 23.3 Å². The molecule has 1 saturated carbocycles. The zero-order chi connectivity index (χ0) is 12.7. The van der Waals surface area contributed by atoms with Gasteiger partial charge in [-0.15, -0.1) is 5.10 Å². The monoisotopic (exact) mass is 266 g/mol. The van der Waals surface area contributed by atoms with Crippen molar-refractivity contribution in [3.8, 4) is 0 Å². The second-order valence-corrected chi connectivity index (χ2v) is 4.93. The maximum absolute atomic E-state index is 13.0. The minimum atomic E-state index is -0.343. The van der Waals surface area contributed by atoms with E-state index in [-0.39, 0.29) is 5.82 Å². The molecule has 6 heteroatoms. The summed E-state index contributed by atoms with van der Waals surface area (Å²) in [6.45, 7) is 0.467. The SMILES string of the molecule is Nc1nnn(Cc2ccc(F)cc2Cl)c1C1CC1. The quantitative estimate of drug-likeness (QED) is 0.929. The maximum atomic E-state index is 13.0. The average molecular weight is 267 g/mol. The molecule has 4 nitrogen and oxygen atoms in total. The van der Waals surface area contributed by atoms with Gasteiger partial charge in [0.15, 0.2) is 5.82 Å². The molecule has 3 rings (SSSR count). The smallest absolute Gasteiger partial charge is 0.169 e. The molecule has 0 unspecified atom stereocenters. The third kappa shape index (κ3) is 2.06. The topological polar surface area (TPSA) is 56.7 Å². The molecule has 2 aromatic rings. The van der Waals surface area contributed by atoms with Crippen LogP contribution in [0.4, 0.5) is 10.2 Å². The van der Waals surface area contributed by atoms with Crippen molar-refractivity contribution in [2.24, 2.45) is 0 Å². The molecule has 2 N–H and O–H groups in total. The molecule has 0 atom stereocenters. The highest BCUT2D eigenvalue weighted by Crippen LogP contribution is 2.42. The van der Waals surface area contributed by atoms with Crippen molar-refractivity contribution in [3.63, 3.8) is 0 Å². The van der Waals surface area contributed by atoms with Gasteiger partial charge in [-0.1, -0.05) is 22.9 Å². The van der Waals surface area contributed by atoms with E-state index in [1.807, 2.05) is 0 Å². The minimum absolute atomic E-state index is 0.343. The lowest BCUT2D eigenvalue weighted by Gasteiger charge is -2.07. The summed E-state index contributed by atoms with van der Waals surface area (Å²) in [5.41, 5.74) is 7.59. The fourth-order valence-corrected chi connectivity index (χ4v) is 2.27. The highest BCUT2D eigenvalue weighted by atomic mass is 35.5. The van der Waals surface area contributed by atoms with E-state index in [9.17, 15) is 4.39 Å². The van der Waals surface area contributed by atoms with Crippen LogP contribution in [-0.2, 0) is 6.54 Å². The first-order valence-corrected chi connectivity index (χ1v) is 6.15. The van der Waals surface area contributed by atoms with Gasteiger partial charge in [-0.25, -0.2) is 9.07 Å². The molecule has 0 aliphatic heterocycles. The molecule has 0 amide bonds. The number of rotatable bonds is 3. The van der Waals surface area contributed by atoms with Crippen molar-refractivity contribution < 1.29 is 4.39 Å². The molecule has 1 aromatic carbocycles. The molecule has 18 heavy (non-hydrogen) atoms. The Balaban J connectivity index is 1.92. The standard InChI is InChI=1S/C12H12ClFN4/c13-10-5-9(14)4-3-8(10)6-18-11(7-1-2-7)12(15)16-17-18/h3-5,7H,1-2,6,15H2. The second kappa shape index (κ2) is 4.24. The summed E-state index contributed by atoms with van der Waals surface area (Å²) in [5.74, 6) is 0.597. The average Bonchev–Trinajstić information content (AvgIpc) is 3.08. The summed E-state index contributed by atoms with van der Waals surface area (Å²) < 4.78 is 14.7. The number of halogens is 2. The summed E-state index contributed by atoms with van der Waals surface area (Å²) in [7, 11) is 0. The molecule has 1 fully saturated rings. The Kier molecular flexibility index (Phi) is 2.70. The van der Waals surface area contributed by atoms with Crippen LogP contribution < -0.4 is 5.73 Å². The van der Waals surface area contributed by atoms with E-state index < -0.39 is 0 Å². The van der Waals surface area contributed by atoms with Crippen molar-refractivity contribution in [1.29, 1.82) is 0 Å². The van der Waals surface area contributed by atoms with Gasteiger partial charge in [-0.05, 0) is 30.5 Å². The van der Waals surface area contributed by atoms with Gasteiger partial charge in [0.05, 0.1) is 12.2 Å². The lowest BCUT2D eigenvalue weighted by atomic mass is 10.2. The van der Waals surface area contributed by atoms with Crippen LogP contribution in [0.25, 0.3) is 0 Å². The van der Waals surface area contributed by atoms with E-state index >= 15 is 0 Å². The van der Waals surface area contributed by atoms with Gasteiger partial charge in [-0.2, -0.15) is 0 Å². The van der Waals surface area contributed by atoms with Crippen LogP contribution in [0.15, 0.2) is 18.2 Å². The van der Waals surface area contributed by atoms with Gasteiger partial charge < -0.3 is 5.73 Å². The lowest BCUT2D eigenvalue weighted by molar-refractivity contribution is 0.610. The number of nitrogen functional groups attached to an aromatic ring is 1. The van der Waals surface area contributed by atoms with Crippen LogP contribution in [0.3, 0.4) is 0 Å². The third-order valence-electron chi connectivity index (χ3n) is 3.10. The van der Waals surface area contributed by atoms with Gasteiger partial charge in [0.2, 0.25) is 0 Å². The second-order valence-electron chi connectivity index (χ2n) is 4.53. The zero-order valence-corrected chi connectivity index (χ0v) is 10.4. The predicted molar refractivity (Wildman–Crippen MR) is 66.9 cm³/mol. The van der Waals surface area contributed by atoms with E-state index in [1.165, 1.54) is 12.1 Å². The number of nitrogens with two attached hydrogens (primary N) is 1. The summed E-state index contributed by atoms with van der Waals surface area (Å²) >= 11 is 6.00. The van der Waals surface area contributed by atoms with Crippen LogP contribution in [-0.4, -0.2) is 15.0 Å². The number of hydrogen-bond donors (Lipinski definition) is 1. The Morgan fingerprint density at radius 1 is 1.44 bits per heavy atom. The van der Waals surface area contributed by atoms with E-state index in [2.05, 4.69) is 10.3 Å². The highest BCUT2D eigenvalue weighted by Gasteiger charge is 2.30. The fraction of sp³-hybridized carbons (Fsp3) is 0.333. The zero-order valence-electron chi connectivity index (χ0n) is 9.61. The number of aromatic nitrogens is 3. The van der Waals surface area contributed by atoms with Crippen LogP contribution in [0, 0.1) is 5.82 Å². The number of hydrogen-bond acceptors (Lipinski definition) is 3. The van der Waals surface area contributed by atoms with E-state index in [4.69, 9.17) is 17.3 Å². The Labute approximate surface area is 109 Å². The first-order valence-electron chi connectivity index (χ1n) is 5.78. The van der Waals surface area contributed by atoms with Gasteiger partial charge in [0, 0.05) is 10.9 Å². The number of benzene rings is 1. The molecular weight excluding hydrogens is 255 g/mol. The maximum Gasteiger partial charge on any atom is 0.169 e. The number of nitrogens with zero attached hydrogens (tertiary/aromatic N) is 3. The molecule has 94 valence electrons. The van der Waals surface area contributed by atoms with Gasteiger partial charge in [0.1, 0.15) is 5.82 Å². The largest absolute Gasteiger partial charge is 0.381 e. The first kappa shape index (κ1) is 11.5. The van der Waals surface area contributed by atoms with Gasteiger partial charge in [-0.3, -0.25) is 0 Å². The van der Waals surface area contributed by atoms with Crippen molar-refractivity contribution >= 4 is 17.4 Å². The lowest BCUT2D eigenvalue weighted by Crippen LogP contribution is -2.07. The fourth-order valence-electron chi connectivity index (χ4n) is 2.04.